The van der Waals surface area contributed by atoms with E-state index in [1.54, 1.807) is 47.7 Å². The smallest absolute Gasteiger partial charge is 0.276 e. The molecule has 0 radical (unpaired) electrons. The van der Waals surface area contributed by atoms with Gasteiger partial charge < -0.3 is 10.1 Å². The summed E-state index contributed by atoms with van der Waals surface area (Å²) in [6.07, 6.45) is 9.81. The molecule has 11 heteroatoms. The molecule has 0 bridgehead atoms. The van der Waals surface area contributed by atoms with E-state index in [4.69, 9.17) is 27.9 Å². The summed E-state index contributed by atoms with van der Waals surface area (Å²) in [6.45, 7) is 0.720. The van der Waals surface area contributed by atoms with Crippen LogP contribution in [0.3, 0.4) is 0 Å². The second-order valence-corrected chi connectivity index (χ2v) is 8.20. The molecule has 0 spiro atoms. The maximum Gasteiger partial charge on any atom is 0.276 e. The molecule has 5 aromatic rings. The standard InChI is InChI=1S/C23H17Cl2N7O2/c24-19-9-27-10-20(25)18(19)13-34-16-1-2-21-17(7-16)22(31-30-21)23(33)29-15-8-28-32(12-15)11-14-3-5-26-6-4-14/h1-10,12H,11,13H2,(H,29,33)(H,30,31). The van der Waals surface area contributed by atoms with Crippen LogP contribution in [0, 0.1) is 0 Å². The number of amides is 1. The first-order valence-corrected chi connectivity index (χ1v) is 10.9. The van der Waals surface area contributed by atoms with Crippen molar-refractivity contribution < 1.29 is 9.53 Å². The van der Waals surface area contributed by atoms with E-state index < -0.39 is 0 Å². The number of benzene rings is 1. The normalized spacial score (nSPS) is 11.0. The van der Waals surface area contributed by atoms with Gasteiger partial charge in [0.2, 0.25) is 0 Å². The average Bonchev–Trinajstić information content (AvgIpc) is 3.46. The number of ether oxygens (including phenoxy) is 1. The van der Waals surface area contributed by atoms with Crippen LogP contribution >= 0.6 is 23.2 Å². The molecule has 1 aromatic carbocycles. The number of H-pyrrole nitrogens is 1. The number of nitrogens with zero attached hydrogens (tertiary/aromatic N) is 5. The summed E-state index contributed by atoms with van der Waals surface area (Å²) < 4.78 is 7.59. The zero-order valence-corrected chi connectivity index (χ0v) is 19.1. The van der Waals surface area contributed by atoms with Crippen LogP contribution in [-0.4, -0.2) is 35.9 Å². The van der Waals surface area contributed by atoms with Crippen molar-refractivity contribution in [3.63, 3.8) is 0 Å². The quantitative estimate of drug-likeness (QED) is 0.338. The molecule has 4 heterocycles. The van der Waals surface area contributed by atoms with Gasteiger partial charge in [0.15, 0.2) is 5.69 Å². The molecule has 1 amide bonds. The molecule has 0 saturated heterocycles. The number of hydrogen-bond acceptors (Lipinski definition) is 6. The molecule has 0 fully saturated rings. The number of fused-ring (bicyclic) bond motifs is 1. The summed E-state index contributed by atoms with van der Waals surface area (Å²) >= 11 is 12.3. The van der Waals surface area contributed by atoms with Gasteiger partial charge >= 0.3 is 0 Å². The Labute approximate surface area is 203 Å². The van der Waals surface area contributed by atoms with Crippen LogP contribution in [0.1, 0.15) is 21.6 Å². The minimum atomic E-state index is -0.368. The van der Waals surface area contributed by atoms with Gasteiger partial charge in [-0.1, -0.05) is 23.2 Å². The fourth-order valence-corrected chi connectivity index (χ4v) is 3.84. The first-order chi connectivity index (χ1) is 16.6. The SMILES string of the molecule is O=C(Nc1cnn(Cc2ccncc2)c1)c1n[nH]c2ccc(OCc3c(Cl)cncc3Cl)cc12. The minimum Gasteiger partial charge on any atom is -0.489 e. The predicted molar refractivity (Wildman–Crippen MR) is 128 cm³/mol. The van der Waals surface area contributed by atoms with Crippen molar-refractivity contribution in [2.45, 2.75) is 13.2 Å². The van der Waals surface area contributed by atoms with E-state index in [1.807, 2.05) is 12.1 Å². The number of hydrogen-bond donors (Lipinski definition) is 2. The molecular formula is C23H17Cl2N7O2. The maximum atomic E-state index is 12.9. The topological polar surface area (TPSA) is 111 Å². The van der Waals surface area contributed by atoms with Gasteiger partial charge in [0.25, 0.3) is 5.91 Å². The van der Waals surface area contributed by atoms with Gasteiger partial charge in [-0.2, -0.15) is 10.2 Å². The Morgan fingerprint density at radius 1 is 1.06 bits per heavy atom. The summed E-state index contributed by atoms with van der Waals surface area (Å²) in [5, 5.41) is 15.6. The Kier molecular flexibility index (Phi) is 6.11. The average molecular weight is 494 g/mol. The number of anilines is 1. The molecule has 5 rings (SSSR count). The Balaban J connectivity index is 1.30. The Morgan fingerprint density at radius 3 is 2.65 bits per heavy atom. The molecule has 0 saturated carbocycles. The first-order valence-electron chi connectivity index (χ1n) is 10.2. The highest BCUT2D eigenvalue weighted by atomic mass is 35.5. The lowest BCUT2D eigenvalue weighted by Gasteiger charge is -2.09. The number of carbonyl (C=O) groups excluding carboxylic acids is 1. The van der Waals surface area contributed by atoms with Crippen molar-refractivity contribution in [3.05, 3.63) is 94.4 Å². The third kappa shape index (κ3) is 4.70. The van der Waals surface area contributed by atoms with Crippen molar-refractivity contribution >= 4 is 45.7 Å². The lowest BCUT2D eigenvalue weighted by molar-refractivity contribution is 0.102. The highest BCUT2D eigenvalue weighted by molar-refractivity contribution is 6.35. The summed E-state index contributed by atoms with van der Waals surface area (Å²) in [6, 6.07) is 9.12. The van der Waals surface area contributed by atoms with Crippen LogP contribution in [0.15, 0.2) is 67.5 Å². The van der Waals surface area contributed by atoms with Gasteiger partial charge in [0, 0.05) is 41.9 Å². The summed E-state index contributed by atoms with van der Waals surface area (Å²) in [4.78, 5) is 20.9. The lowest BCUT2D eigenvalue weighted by Crippen LogP contribution is -2.12. The van der Waals surface area contributed by atoms with E-state index in [0.29, 0.717) is 44.5 Å². The number of halogens is 2. The second-order valence-electron chi connectivity index (χ2n) is 7.39. The van der Waals surface area contributed by atoms with Crippen LogP contribution < -0.4 is 10.1 Å². The second kappa shape index (κ2) is 9.50. The summed E-state index contributed by atoms with van der Waals surface area (Å²) in [7, 11) is 0. The van der Waals surface area contributed by atoms with Crippen LogP contribution in [0.5, 0.6) is 5.75 Å². The molecule has 0 aliphatic carbocycles. The monoisotopic (exact) mass is 493 g/mol. The molecule has 0 atom stereocenters. The Morgan fingerprint density at radius 2 is 1.85 bits per heavy atom. The zero-order valence-electron chi connectivity index (χ0n) is 17.6. The number of rotatable bonds is 7. The van der Waals surface area contributed by atoms with Crippen LogP contribution in [-0.2, 0) is 13.2 Å². The zero-order chi connectivity index (χ0) is 23.5. The van der Waals surface area contributed by atoms with E-state index in [0.717, 1.165) is 5.56 Å². The van der Waals surface area contributed by atoms with E-state index in [-0.39, 0.29) is 18.2 Å². The minimum absolute atomic E-state index is 0.155. The van der Waals surface area contributed by atoms with E-state index in [1.165, 1.54) is 12.4 Å². The highest BCUT2D eigenvalue weighted by Gasteiger charge is 2.16. The first kappa shape index (κ1) is 21.9. The molecule has 2 N–H and O–H groups in total. The number of pyridine rings is 2. The lowest BCUT2D eigenvalue weighted by atomic mass is 10.2. The van der Waals surface area contributed by atoms with E-state index in [2.05, 4.69) is 30.6 Å². The van der Waals surface area contributed by atoms with E-state index >= 15 is 0 Å². The molecule has 4 aromatic heterocycles. The molecule has 170 valence electrons. The predicted octanol–water partition coefficient (Wildman–Crippen LogP) is 4.74. The van der Waals surface area contributed by atoms with Gasteiger partial charge in [-0.05, 0) is 35.9 Å². The van der Waals surface area contributed by atoms with Crippen LogP contribution in [0.2, 0.25) is 10.0 Å². The van der Waals surface area contributed by atoms with Gasteiger partial charge in [0.05, 0.1) is 34.0 Å². The fraction of sp³-hybridized carbons (Fsp3) is 0.0870. The molecule has 34 heavy (non-hydrogen) atoms. The van der Waals surface area contributed by atoms with Gasteiger partial charge in [0.1, 0.15) is 12.4 Å². The number of aromatic nitrogens is 6. The van der Waals surface area contributed by atoms with Crippen molar-refractivity contribution in [2.24, 2.45) is 0 Å². The number of carbonyl (C=O) groups is 1. The summed E-state index contributed by atoms with van der Waals surface area (Å²) in [5.74, 6) is 0.171. The molecule has 0 unspecified atom stereocenters. The van der Waals surface area contributed by atoms with Crippen LogP contribution in [0.25, 0.3) is 10.9 Å². The van der Waals surface area contributed by atoms with Crippen molar-refractivity contribution in [1.29, 1.82) is 0 Å². The van der Waals surface area contributed by atoms with Gasteiger partial charge in [-0.15, -0.1) is 0 Å². The Hall–Kier alpha value is -3.95. The van der Waals surface area contributed by atoms with Crippen molar-refractivity contribution in [3.8, 4) is 5.75 Å². The van der Waals surface area contributed by atoms with E-state index in [9.17, 15) is 4.79 Å². The molecule has 0 aliphatic heterocycles. The number of nitrogens with one attached hydrogen (secondary N) is 2. The molecular weight excluding hydrogens is 477 g/mol. The fourth-order valence-electron chi connectivity index (χ4n) is 3.37. The largest absolute Gasteiger partial charge is 0.489 e. The third-order valence-electron chi connectivity index (χ3n) is 5.07. The molecule has 0 aliphatic rings. The molecule has 9 nitrogen and oxygen atoms in total. The highest BCUT2D eigenvalue weighted by Crippen LogP contribution is 2.27. The summed E-state index contributed by atoms with van der Waals surface area (Å²) in [5.41, 5.74) is 3.18. The third-order valence-corrected chi connectivity index (χ3v) is 5.72. The van der Waals surface area contributed by atoms with Crippen molar-refractivity contribution in [1.82, 2.24) is 29.9 Å². The maximum absolute atomic E-state index is 12.9. The Bertz CT molecular complexity index is 1450. The van der Waals surface area contributed by atoms with Gasteiger partial charge in [-0.3, -0.25) is 24.5 Å². The van der Waals surface area contributed by atoms with Gasteiger partial charge in [-0.25, -0.2) is 0 Å². The van der Waals surface area contributed by atoms with Crippen molar-refractivity contribution in [2.75, 3.05) is 5.32 Å². The van der Waals surface area contributed by atoms with Crippen LogP contribution in [0.4, 0.5) is 5.69 Å². The number of aromatic amines is 1.